The fourth-order valence-corrected chi connectivity index (χ4v) is 3.37. The van der Waals surface area contributed by atoms with Crippen LogP contribution in [-0.4, -0.2) is 16.8 Å². The molecule has 1 aliphatic rings. The molecule has 0 unspecified atom stereocenters. The van der Waals surface area contributed by atoms with E-state index >= 15 is 0 Å². The Morgan fingerprint density at radius 1 is 0.905 bits per heavy atom. The molecule has 0 heterocycles. The molecule has 0 amide bonds. The number of benzene rings is 2. The summed E-state index contributed by atoms with van der Waals surface area (Å²) in [4.78, 5) is 36.4. The molecule has 21 heavy (non-hydrogen) atoms. The molecule has 0 saturated heterocycles. The molecule has 6 heteroatoms. The fraction of sp³-hybridized carbons (Fsp3) is 0. The lowest BCUT2D eigenvalue weighted by Crippen LogP contribution is -2.22. The second-order valence-electron chi connectivity index (χ2n) is 4.45. The van der Waals surface area contributed by atoms with Gasteiger partial charge in [0, 0.05) is 16.7 Å². The van der Waals surface area contributed by atoms with Crippen LogP contribution in [0, 0.1) is 0 Å². The van der Waals surface area contributed by atoms with Crippen molar-refractivity contribution >= 4 is 51.6 Å². The highest BCUT2D eigenvalue weighted by molar-refractivity contribution is 6.70. The van der Waals surface area contributed by atoms with Crippen molar-refractivity contribution in [2.75, 3.05) is 0 Å². The molecule has 0 atom stereocenters. The number of ketones is 2. The van der Waals surface area contributed by atoms with Crippen LogP contribution in [0.15, 0.2) is 30.3 Å². The number of rotatable bonds is 1. The standard InChI is InChI=1S/C15H5Cl3O3/c16-9-5-8-10(12(17)11(9)15(18)21)14(20)7-4-2-1-3-6(7)13(8)19/h1-5H. The molecule has 0 N–H and O–H groups in total. The van der Waals surface area contributed by atoms with E-state index in [0.29, 0.717) is 0 Å². The van der Waals surface area contributed by atoms with Crippen LogP contribution in [0.25, 0.3) is 0 Å². The van der Waals surface area contributed by atoms with Crippen LogP contribution in [0.1, 0.15) is 42.2 Å². The third-order valence-electron chi connectivity index (χ3n) is 3.30. The van der Waals surface area contributed by atoms with Crippen molar-refractivity contribution in [3.63, 3.8) is 0 Å². The van der Waals surface area contributed by atoms with E-state index in [4.69, 9.17) is 34.8 Å². The molecule has 0 spiro atoms. The molecule has 0 aromatic heterocycles. The van der Waals surface area contributed by atoms with Crippen LogP contribution in [0.5, 0.6) is 0 Å². The highest BCUT2D eigenvalue weighted by Gasteiger charge is 2.34. The van der Waals surface area contributed by atoms with Gasteiger partial charge in [-0.15, -0.1) is 0 Å². The molecule has 0 radical (unpaired) electrons. The Labute approximate surface area is 134 Å². The number of fused-ring (bicyclic) bond motifs is 2. The van der Waals surface area contributed by atoms with Gasteiger partial charge in [-0.3, -0.25) is 14.4 Å². The molecule has 104 valence electrons. The van der Waals surface area contributed by atoms with Crippen LogP contribution in [0.3, 0.4) is 0 Å². The molecule has 1 aliphatic carbocycles. The minimum absolute atomic E-state index is 0.0335. The maximum absolute atomic E-state index is 12.5. The van der Waals surface area contributed by atoms with Crippen LogP contribution >= 0.6 is 34.8 Å². The van der Waals surface area contributed by atoms with Gasteiger partial charge in [-0.25, -0.2) is 0 Å². The van der Waals surface area contributed by atoms with E-state index in [1.165, 1.54) is 12.1 Å². The highest BCUT2D eigenvalue weighted by atomic mass is 35.5. The first-order valence-corrected chi connectivity index (χ1v) is 6.97. The SMILES string of the molecule is O=C1c2ccccc2C(=O)c2c1cc(Cl)c(C(=O)Cl)c2Cl. The first-order valence-electron chi connectivity index (χ1n) is 5.83. The number of halogens is 3. The summed E-state index contributed by atoms with van der Waals surface area (Å²) in [5.74, 6) is -0.793. The van der Waals surface area contributed by atoms with E-state index in [9.17, 15) is 14.4 Å². The van der Waals surface area contributed by atoms with Crippen molar-refractivity contribution in [3.05, 3.63) is 68.2 Å². The van der Waals surface area contributed by atoms with E-state index in [0.717, 1.165) is 0 Å². The molecule has 0 saturated carbocycles. The quantitative estimate of drug-likeness (QED) is 0.626. The zero-order chi connectivity index (χ0) is 15.3. The number of carbonyl (C=O) groups is 3. The number of carbonyl (C=O) groups excluding carboxylic acids is 3. The van der Waals surface area contributed by atoms with Gasteiger partial charge in [-0.2, -0.15) is 0 Å². The lowest BCUT2D eigenvalue weighted by molar-refractivity contribution is 0.0978. The van der Waals surface area contributed by atoms with E-state index in [-0.39, 0.29) is 43.6 Å². The van der Waals surface area contributed by atoms with Gasteiger partial charge >= 0.3 is 0 Å². The third kappa shape index (κ3) is 2.01. The summed E-state index contributed by atoms with van der Waals surface area (Å²) in [6.07, 6.45) is 0. The Balaban J connectivity index is 2.39. The molecule has 0 fully saturated rings. The van der Waals surface area contributed by atoms with Gasteiger partial charge in [0.1, 0.15) is 0 Å². The second-order valence-corrected chi connectivity index (χ2v) is 5.58. The smallest absolute Gasteiger partial charge is 0.255 e. The lowest BCUT2D eigenvalue weighted by Gasteiger charge is -2.19. The van der Waals surface area contributed by atoms with E-state index < -0.39 is 11.0 Å². The topological polar surface area (TPSA) is 51.2 Å². The average Bonchev–Trinajstić information content (AvgIpc) is 2.44. The molecule has 0 bridgehead atoms. The van der Waals surface area contributed by atoms with E-state index in [2.05, 4.69) is 0 Å². The van der Waals surface area contributed by atoms with Gasteiger partial charge in [0.15, 0.2) is 11.6 Å². The summed E-state index contributed by atoms with van der Waals surface area (Å²) in [6.45, 7) is 0. The summed E-state index contributed by atoms with van der Waals surface area (Å²) in [5, 5.41) is -1.13. The number of hydrogen-bond donors (Lipinski definition) is 0. The van der Waals surface area contributed by atoms with E-state index in [1.807, 2.05) is 0 Å². The largest absolute Gasteiger partial charge is 0.289 e. The zero-order valence-electron chi connectivity index (χ0n) is 10.2. The Bertz CT molecular complexity index is 840. The zero-order valence-corrected chi connectivity index (χ0v) is 12.5. The van der Waals surface area contributed by atoms with Gasteiger partial charge in [0.05, 0.1) is 21.2 Å². The third-order valence-corrected chi connectivity index (χ3v) is 4.17. The minimum atomic E-state index is -0.882. The Kier molecular flexibility index (Phi) is 3.36. The Morgan fingerprint density at radius 3 is 2.05 bits per heavy atom. The molecule has 3 nitrogen and oxygen atoms in total. The summed E-state index contributed by atoms with van der Waals surface area (Å²) in [5.41, 5.74) is 0.405. The maximum atomic E-state index is 12.5. The van der Waals surface area contributed by atoms with Crippen LogP contribution in [0.2, 0.25) is 10.0 Å². The van der Waals surface area contributed by atoms with Crippen LogP contribution in [0.4, 0.5) is 0 Å². The average molecular weight is 340 g/mol. The van der Waals surface area contributed by atoms with Crippen molar-refractivity contribution in [1.82, 2.24) is 0 Å². The van der Waals surface area contributed by atoms with Crippen LogP contribution < -0.4 is 0 Å². The van der Waals surface area contributed by atoms with Gasteiger partial charge in [0.25, 0.3) is 5.24 Å². The summed E-state index contributed by atoms with van der Waals surface area (Å²) < 4.78 is 0. The Morgan fingerprint density at radius 2 is 1.48 bits per heavy atom. The second kappa shape index (κ2) is 4.95. The van der Waals surface area contributed by atoms with Gasteiger partial charge in [0.2, 0.25) is 0 Å². The lowest BCUT2D eigenvalue weighted by atomic mass is 9.83. The Hall–Kier alpha value is -1.68. The molecular weight excluding hydrogens is 335 g/mol. The first-order chi connectivity index (χ1) is 9.93. The normalized spacial score (nSPS) is 12.9. The van der Waals surface area contributed by atoms with E-state index in [1.54, 1.807) is 18.2 Å². The van der Waals surface area contributed by atoms with Gasteiger partial charge < -0.3 is 0 Å². The summed E-state index contributed by atoms with van der Waals surface area (Å²) in [7, 11) is 0. The molecular formula is C15H5Cl3O3. The van der Waals surface area contributed by atoms with Gasteiger partial charge in [-0.1, -0.05) is 47.5 Å². The molecule has 3 rings (SSSR count). The van der Waals surface area contributed by atoms with Crippen molar-refractivity contribution in [3.8, 4) is 0 Å². The summed E-state index contributed by atoms with van der Waals surface area (Å²) >= 11 is 17.5. The molecule has 0 aliphatic heterocycles. The monoisotopic (exact) mass is 338 g/mol. The van der Waals surface area contributed by atoms with Crippen LogP contribution in [-0.2, 0) is 0 Å². The summed E-state index contributed by atoms with van der Waals surface area (Å²) in [6, 6.07) is 7.66. The van der Waals surface area contributed by atoms with Crippen molar-refractivity contribution < 1.29 is 14.4 Å². The minimum Gasteiger partial charge on any atom is -0.289 e. The maximum Gasteiger partial charge on any atom is 0.255 e. The number of hydrogen-bond acceptors (Lipinski definition) is 3. The highest BCUT2D eigenvalue weighted by Crippen LogP contribution is 2.38. The van der Waals surface area contributed by atoms with Crippen molar-refractivity contribution in [2.24, 2.45) is 0 Å². The fourth-order valence-electron chi connectivity index (χ4n) is 2.36. The van der Waals surface area contributed by atoms with Crippen molar-refractivity contribution in [2.45, 2.75) is 0 Å². The molecule has 2 aromatic carbocycles. The predicted molar refractivity (Wildman–Crippen MR) is 80.0 cm³/mol. The first kappa shape index (κ1) is 14.3. The van der Waals surface area contributed by atoms with Crippen molar-refractivity contribution in [1.29, 1.82) is 0 Å². The predicted octanol–water partition coefficient (Wildman–Crippen LogP) is 4.15. The molecule has 2 aromatic rings. The van der Waals surface area contributed by atoms with Gasteiger partial charge in [-0.05, 0) is 17.7 Å².